The number of tetrazole rings is 1. The van der Waals surface area contributed by atoms with Crippen LogP contribution in [0.1, 0.15) is 30.3 Å². The Hall–Kier alpha value is -4.07. The van der Waals surface area contributed by atoms with Gasteiger partial charge >= 0.3 is 6.18 Å². The summed E-state index contributed by atoms with van der Waals surface area (Å²) in [7, 11) is 0. The number of ether oxygens (including phenoxy) is 1. The molecule has 14 heteroatoms. The van der Waals surface area contributed by atoms with Crippen molar-refractivity contribution in [3.05, 3.63) is 90.0 Å². The van der Waals surface area contributed by atoms with Crippen LogP contribution in [0.25, 0.3) is 11.1 Å². The van der Waals surface area contributed by atoms with Crippen molar-refractivity contribution in [1.29, 1.82) is 0 Å². The second-order valence-electron chi connectivity index (χ2n) is 9.17. The summed E-state index contributed by atoms with van der Waals surface area (Å²) in [5, 5.41) is 10.4. The standard InChI is InChI=1S/C26H23F7N6O/c1-15(10-19-6-2-17(12-35-19)16-3-7-20(8-4-16)40-13-25(29,30)31)26(32,33)23(24(34)39-14-36-37-38-39)21-9-5-18(27)11-22(21)28/h2-9,11-12,14-15,23-24H,10,13,34H2,1H3. The highest BCUT2D eigenvalue weighted by atomic mass is 19.4. The molecule has 2 heterocycles. The van der Waals surface area contributed by atoms with Gasteiger partial charge in [0, 0.05) is 35.0 Å². The van der Waals surface area contributed by atoms with Gasteiger partial charge in [0.2, 0.25) is 0 Å². The molecule has 0 fully saturated rings. The van der Waals surface area contributed by atoms with Gasteiger partial charge in [-0.1, -0.05) is 31.2 Å². The lowest BCUT2D eigenvalue weighted by Gasteiger charge is -2.35. The molecule has 0 amide bonds. The minimum Gasteiger partial charge on any atom is -0.484 e. The normalized spacial score (nSPS) is 14.5. The fourth-order valence-corrected chi connectivity index (χ4v) is 4.21. The molecule has 4 rings (SSSR count). The summed E-state index contributed by atoms with van der Waals surface area (Å²) in [6, 6.07) is 11.3. The minimum absolute atomic E-state index is 0.0359. The van der Waals surface area contributed by atoms with E-state index >= 15 is 8.78 Å². The summed E-state index contributed by atoms with van der Waals surface area (Å²) in [4.78, 5) is 4.25. The van der Waals surface area contributed by atoms with Gasteiger partial charge in [-0.2, -0.15) is 13.2 Å². The zero-order valence-corrected chi connectivity index (χ0v) is 20.9. The van der Waals surface area contributed by atoms with Crippen molar-refractivity contribution in [2.75, 3.05) is 6.61 Å². The number of aromatic nitrogens is 5. The summed E-state index contributed by atoms with van der Waals surface area (Å²) in [5.41, 5.74) is 7.10. The van der Waals surface area contributed by atoms with Crippen LogP contribution in [-0.2, 0) is 6.42 Å². The average Bonchev–Trinajstić information content (AvgIpc) is 3.44. The van der Waals surface area contributed by atoms with Crippen molar-refractivity contribution in [2.24, 2.45) is 11.7 Å². The van der Waals surface area contributed by atoms with E-state index in [1.165, 1.54) is 31.3 Å². The predicted octanol–water partition coefficient (Wildman–Crippen LogP) is 5.71. The second-order valence-corrected chi connectivity index (χ2v) is 9.17. The number of halogens is 7. The molecule has 3 unspecified atom stereocenters. The zero-order valence-electron chi connectivity index (χ0n) is 20.9. The zero-order chi connectivity index (χ0) is 29.1. The van der Waals surface area contributed by atoms with Gasteiger partial charge in [-0.3, -0.25) is 4.98 Å². The first-order valence-electron chi connectivity index (χ1n) is 11.9. The quantitative estimate of drug-likeness (QED) is 0.247. The van der Waals surface area contributed by atoms with Gasteiger partial charge in [-0.25, -0.2) is 22.2 Å². The van der Waals surface area contributed by atoms with E-state index in [0.29, 0.717) is 22.9 Å². The Morgan fingerprint density at radius 2 is 1.65 bits per heavy atom. The Morgan fingerprint density at radius 1 is 0.950 bits per heavy atom. The van der Waals surface area contributed by atoms with E-state index in [0.717, 1.165) is 23.1 Å². The number of hydrogen-bond donors (Lipinski definition) is 1. The van der Waals surface area contributed by atoms with Crippen LogP contribution in [0, 0.1) is 17.6 Å². The maximum atomic E-state index is 16.0. The van der Waals surface area contributed by atoms with Gasteiger partial charge in [-0.05, 0) is 46.7 Å². The molecular weight excluding hydrogens is 545 g/mol. The highest BCUT2D eigenvalue weighted by Crippen LogP contribution is 2.45. The number of benzene rings is 2. The lowest BCUT2D eigenvalue weighted by Crippen LogP contribution is -2.43. The molecule has 3 atom stereocenters. The van der Waals surface area contributed by atoms with Crippen LogP contribution in [0.3, 0.4) is 0 Å². The van der Waals surface area contributed by atoms with E-state index in [-0.39, 0.29) is 12.2 Å². The monoisotopic (exact) mass is 568 g/mol. The summed E-state index contributed by atoms with van der Waals surface area (Å²) < 4.78 is 103. The van der Waals surface area contributed by atoms with Crippen molar-refractivity contribution < 1.29 is 35.5 Å². The lowest BCUT2D eigenvalue weighted by atomic mass is 9.81. The molecule has 0 bridgehead atoms. The van der Waals surface area contributed by atoms with Crippen LogP contribution < -0.4 is 10.5 Å². The Balaban J connectivity index is 1.52. The van der Waals surface area contributed by atoms with Crippen LogP contribution in [-0.4, -0.2) is 43.9 Å². The second kappa shape index (κ2) is 11.6. The highest BCUT2D eigenvalue weighted by molar-refractivity contribution is 5.63. The fraction of sp³-hybridized carbons (Fsp3) is 0.308. The van der Waals surface area contributed by atoms with Gasteiger partial charge in [0.25, 0.3) is 5.92 Å². The smallest absolute Gasteiger partial charge is 0.422 e. The fourth-order valence-electron chi connectivity index (χ4n) is 4.21. The minimum atomic E-state index is -4.46. The molecular formula is C26H23F7N6O. The average molecular weight is 568 g/mol. The Bertz CT molecular complexity index is 1400. The van der Waals surface area contributed by atoms with E-state index < -0.39 is 53.9 Å². The molecule has 0 saturated carbocycles. The molecule has 2 aromatic carbocycles. The molecule has 4 aromatic rings. The molecule has 0 aliphatic carbocycles. The number of hydrogen-bond acceptors (Lipinski definition) is 6. The molecule has 212 valence electrons. The third-order valence-corrected chi connectivity index (χ3v) is 6.31. The van der Waals surface area contributed by atoms with Gasteiger partial charge in [-0.15, -0.1) is 5.10 Å². The maximum absolute atomic E-state index is 16.0. The van der Waals surface area contributed by atoms with Crippen LogP contribution in [0.5, 0.6) is 5.75 Å². The van der Waals surface area contributed by atoms with Gasteiger partial charge in [0.05, 0.1) is 5.92 Å². The van der Waals surface area contributed by atoms with E-state index in [2.05, 4.69) is 25.2 Å². The summed E-state index contributed by atoms with van der Waals surface area (Å²) in [6.07, 6.45) is -3.80. The van der Waals surface area contributed by atoms with Gasteiger partial charge in [0.1, 0.15) is 29.9 Å². The molecule has 0 radical (unpaired) electrons. The topological polar surface area (TPSA) is 91.7 Å². The molecule has 2 N–H and O–H groups in total. The molecule has 0 aliphatic heterocycles. The first kappa shape index (κ1) is 28.9. The number of nitrogens with zero attached hydrogens (tertiary/aromatic N) is 5. The first-order valence-corrected chi connectivity index (χ1v) is 11.9. The van der Waals surface area contributed by atoms with Crippen molar-refractivity contribution >= 4 is 0 Å². The van der Waals surface area contributed by atoms with Gasteiger partial charge in [0.15, 0.2) is 6.61 Å². The van der Waals surface area contributed by atoms with E-state index in [1.807, 2.05) is 0 Å². The molecule has 2 aromatic heterocycles. The van der Waals surface area contributed by atoms with Crippen LogP contribution in [0.15, 0.2) is 67.1 Å². The Kier molecular flexibility index (Phi) is 8.37. The third-order valence-electron chi connectivity index (χ3n) is 6.31. The van der Waals surface area contributed by atoms with Crippen molar-refractivity contribution in [3.63, 3.8) is 0 Å². The number of nitrogens with two attached hydrogens (primary N) is 1. The van der Waals surface area contributed by atoms with Crippen LogP contribution >= 0.6 is 0 Å². The largest absolute Gasteiger partial charge is 0.484 e. The van der Waals surface area contributed by atoms with Crippen molar-refractivity contribution in [1.82, 2.24) is 25.2 Å². The predicted molar refractivity (Wildman–Crippen MR) is 129 cm³/mol. The maximum Gasteiger partial charge on any atom is 0.422 e. The van der Waals surface area contributed by atoms with Crippen LogP contribution in [0.2, 0.25) is 0 Å². The van der Waals surface area contributed by atoms with E-state index in [9.17, 15) is 22.0 Å². The van der Waals surface area contributed by atoms with E-state index in [4.69, 9.17) is 5.73 Å². The Labute approximate surface area is 223 Å². The number of pyridine rings is 1. The summed E-state index contributed by atoms with van der Waals surface area (Å²) >= 11 is 0. The molecule has 0 saturated heterocycles. The number of rotatable bonds is 10. The van der Waals surface area contributed by atoms with E-state index in [1.54, 1.807) is 18.2 Å². The highest BCUT2D eigenvalue weighted by Gasteiger charge is 2.50. The molecule has 0 spiro atoms. The van der Waals surface area contributed by atoms with Crippen molar-refractivity contribution in [3.8, 4) is 16.9 Å². The number of alkyl halides is 5. The van der Waals surface area contributed by atoms with Crippen LogP contribution in [0.4, 0.5) is 30.7 Å². The summed E-state index contributed by atoms with van der Waals surface area (Å²) in [5.74, 6) is -9.07. The van der Waals surface area contributed by atoms with Gasteiger partial charge < -0.3 is 10.5 Å². The SMILES string of the molecule is CC(Cc1ccc(-c2ccc(OCC(F)(F)F)cc2)cn1)C(F)(F)C(c1ccc(F)cc1F)C(N)n1cnnn1. The van der Waals surface area contributed by atoms with Crippen molar-refractivity contribution in [2.45, 2.75) is 37.5 Å². The molecule has 0 aliphatic rings. The lowest BCUT2D eigenvalue weighted by molar-refractivity contribution is -0.153. The third kappa shape index (κ3) is 6.73. The first-order chi connectivity index (χ1) is 18.8. The molecule has 40 heavy (non-hydrogen) atoms. The summed E-state index contributed by atoms with van der Waals surface area (Å²) in [6.45, 7) is -0.156. The Morgan fingerprint density at radius 3 is 2.23 bits per heavy atom. The molecule has 7 nitrogen and oxygen atoms in total.